The molecule has 0 aliphatic heterocycles. The van der Waals surface area contributed by atoms with Crippen LogP contribution in [0.3, 0.4) is 0 Å². The lowest BCUT2D eigenvalue weighted by Gasteiger charge is -2.00. The van der Waals surface area contributed by atoms with E-state index in [1.165, 1.54) is 29.2 Å². The predicted octanol–water partition coefficient (Wildman–Crippen LogP) is 5.47. The zero-order valence-electron chi connectivity index (χ0n) is 13.8. The van der Waals surface area contributed by atoms with Gasteiger partial charge in [-0.15, -0.1) is 0 Å². The molecule has 0 bridgehead atoms. The third-order valence-electron chi connectivity index (χ3n) is 4.33. The van der Waals surface area contributed by atoms with Crippen molar-refractivity contribution in [1.29, 1.82) is 0 Å². The molecule has 0 saturated heterocycles. The van der Waals surface area contributed by atoms with Crippen molar-refractivity contribution in [2.24, 2.45) is 0 Å². The van der Waals surface area contributed by atoms with Gasteiger partial charge in [-0.1, -0.05) is 42.9 Å². The summed E-state index contributed by atoms with van der Waals surface area (Å²) < 4.78 is 3.29. The van der Waals surface area contributed by atoms with E-state index in [4.69, 9.17) is 0 Å². The number of non-ortho nitro benzene ring substituents is 1. The lowest BCUT2D eigenvalue weighted by atomic mass is 10.1. The Balaban J connectivity index is 1.76. The van der Waals surface area contributed by atoms with E-state index in [0.717, 1.165) is 28.2 Å². The maximum Gasteiger partial charge on any atom is 0.270 e. The Morgan fingerprint density at radius 3 is 2.92 bits per heavy atom. The molecule has 2 aromatic carbocycles. The van der Waals surface area contributed by atoms with E-state index < -0.39 is 0 Å². The van der Waals surface area contributed by atoms with Crippen molar-refractivity contribution in [3.05, 3.63) is 64.3 Å². The number of nitro benzene ring substituents is 1. The number of thiazole rings is 1. The highest BCUT2D eigenvalue weighted by Crippen LogP contribution is 2.31. The lowest BCUT2D eigenvalue weighted by molar-refractivity contribution is -0.384. The molecule has 0 atom stereocenters. The molecule has 4 aromatic rings. The van der Waals surface area contributed by atoms with Crippen molar-refractivity contribution in [1.82, 2.24) is 9.38 Å². The first-order valence-electron chi connectivity index (χ1n) is 8.31. The third kappa shape index (κ3) is 2.89. The molecule has 0 fully saturated rings. The third-order valence-corrected chi connectivity index (χ3v) is 5.35. The van der Waals surface area contributed by atoms with Gasteiger partial charge in [-0.2, -0.15) is 0 Å². The topological polar surface area (TPSA) is 60.4 Å². The second-order valence-electron chi connectivity index (χ2n) is 6.09. The van der Waals surface area contributed by atoms with Gasteiger partial charge in [0.05, 0.1) is 20.8 Å². The van der Waals surface area contributed by atoms with Crippen LogP contribution in [0.25, 0.3) is 26.4 Å². The van der Waals surface area contributed by atoms with E-state index in [-0.39, 0.29) is 10.6 Å². The molecular weight excluding hydrogens is 334 g/mol. The maximum atomic E-state index is 11.0. The number of rotatable bonds is 5. The minimum Gasteiger partial charge on any atom is -0.290 e. The molecule has 0 radical (unpaired) electrons. The van der Waals surface area contributed by atoms with Crippen LogP contribution in [0.5, 0.6) is 0 Å². The van der Waals surface area contributed by atoms with Crippen LogP contribution in [0, 0.1) is 10.1 Å². The van der Waals surface area contributed by atoms with Crippen LogP contribution in [-0.2, 0) is 6.42 Å². The van der Waals surface area contributed by atoms with Crippen LogP contribution < -0.4 is 0 Å². The van der Waals surface area contributed by atoms with Gasteiger partial charge in [-0.25, -0.2) is 4.98 Å². The standard InChI is InChI=1S/C19H17N3O2S/c1-2-3-5-13-8-9-17-18(10-13)25-19-20-16(12-21(17)19)14-6-4-7-15(11-14)22(23)24/h4,6-12H,2-3,5H2,1H3. The van der Waals surface area contributed by atoms with E-state index in [1.807, 2.05) is 12.3 Å². The lowest BCUT2D eigenvalue weighted by Crippen LogP contribution is -1.88. The number of nitro groups is 1. The summed E-state index contributed by atoms with van der Waals surface area (Å²) in [5, 5.41) is 11.0. The molecule has 0 spiro atoms. The number of hydrogen-bond donors (Lipinski definition) is 0. The fraction of sp³-hybridized carbons (Fsp3) is 0.211. The summed E-state index contributed by atoms with van der Waals surface area (Å²) in [6.45, 7) is 2.20. The first-order chi connectivity index (χ1) is 12.2. The molecule has 5 nitrogen and oxygen atoms in total. The zero-order valence-corrected chi connectivity index (χ0v) is 14.6. The summed E-state index contributed by atoms with van der Waals surface area (Å²) in [6, 6.07) is 13.2. The minimum atomic E-state index is -0.380. The van der Waals surface area contributed by atoms with Gasteiger partial charge in [-0.3, -0.25) is 14.5 Å². The van der Waals surface area contributed by atoms with Crippen molar-refractivity contribution in [3.63, 3.8) is 0 Å². The van der Waals surface area contributed by atoms with Crippen LogP contribution in [0.1, 0.15) is 25.3 Å². The highest BCUT2D eigenvalue weighted by Gasteiger charge is 2.13. The average Bonchev–Trinajstić information content (AvgIpc) is 3.17. The molecule has 0 N–H and O–H groups in total. The molecule has 0 saturated carbocycles. The monoisotopic (exact) mass is 351 g/mol. The molecule has 6 heteroatoms. The maximum absolute atomic E-state index is 11.0. The Kier molecular flexibility index (Phi) is 3.97. The molecule has 2 heterocycles. The Labute approximate surface area is 148 Å². The van der Waals surface area contributed by atoms with Crippen LogP contribution >= 0.6 is 11.3 Å². The summed E-state index contributed by atoms with van der Waals surface area (Å²) in [7, 11) is 0. The van der Waals surface area contributed by atoms with Crippen molar-refractivity contribution in [3.8, 4) is 11.3 Å². The SMILES string of the molecule is CCCCc1ccc2c(c1)sc1nc(-c3cccc([N+](=O)[O-])c3)cn12. The number of hydrogen-bond acceptors (Lipinski definition) is 4. The van der Waals surface area contributed by atoms with Crippen molar-refractivity contribution in [2.45, 2.75) is 26.2 Å². The Bertz CT molecular complexity index is 1080. The summed E-state index contributed by atoms with van der Waals surface area (Å²) >= 11 is 1.65. The predicted molar refractivity (Wildman–Crippen MR) is 101 cm³/mol. The van der Waals surface area contributed by atoms with Gasteiger partial charge in [0.15, 0.2) is 4.96 Å². The summed E-state index contributed by atoms with van der Waals surface area (Å²) in [5.74, 6) is 0. The molecule has 2 aromatic heterocycles. The molecule has 126 valence electrons. The second kappa shape index (κ2) is 6.29. The quantitative estimate of drug-likeness (QED) is 0.354. The highest BCUT2D eigenvalue weighted by atomic mass is 32.1. The highest BCUT2D eigenvalue weighted by molar-refractivity contribution is 7.23. The molecule has 0 unspecified atom stereocenters. The largest absolute Gasteiger partial charge is 0.290 e. The first kappa shape index (κ1) is 15.8. The molecule has 0 aliphatic carbocycles. The van der Waals surface area contributed by atoms with Crippen molar-refractivity contribution >= 4 is 32.2 Å². The number of aromatic nitrogens is 2. The van der Waals surface area contributed by atoms with Gasteiger partial charge in [0.25, 0.3) is 5.69 Å². The Morgan fingerprint density at radius 1 is 1.24 bits per heavy atom. The van der Waals surface area contributed by atoms with Gasteiger partial charge in [0, 0.05) is 23.9 Å². The van der Waals surface area contributed by atoms with Gasteiger partial charge in [-0.05, 0) is 30.5 Å². The zero-order chi connectivity index (χ0) is 17.4. The molecule has 0 amide bonds. The molecule has 25 heavy (non-hydrogen) atoms. The first-order valence-corrected chi connectivity index (χ1v) is 9.12. The van der Waals surface area contributed by atoms with Crippen LogP contribution in [0.2, 0.25) is 0 Å². The fourth-order valence-electron chi connectivity index (χ4n) is 3.00. The van der Waals surface area contributed by atoms with E-state index in [2.05, 4.69) is 34.5 Å². The average molecular weight is 351 g/mol. The van der Waals surface area contributed by atoms with E-state index in [0.29, 0.717) is 0 Å². The summed E-state index contributed by atoms with van der Waals surface area (Å²) in [6.07, 6.45) is 5.45. The van der Waals surface area contributed by atoms with Crippen LogP contribution in [-0.4, -0.2) is 14.3 Å². The molecule has 0 aliphatic rings. The second-order valence-corrected chi connectivity index (χ2v) is 7.10. The van der Waals surface area contributed by atoms with Crippen LogP contribution in [0.15, 0.2) is 48.7 Å². The number of aryl methyl sites for hydroxylation is 1. The number of fused-ring (bicyclic) bond motifs is 3. The van der Waals surface area contributed by atoms with Gasteiger partial charge >= 0.3 is 0 Å². The van der Waals surface area contributed by atoms with Crippen molar-refractivity contribution in [2.75, 3.05) is 0 Å². The summed E-state index contributed by atoms with van der Waals surface area (Å²) in [5.41, 5.74) is 4.09. The van der Waals surface area contributed by atoms with Crippen LogP contribution in [0.4, 0.5) is 5.69 Å². The number of imidazole rings is 1. The van der Waals surface area contributed by atoms with Gasteiger partial charge < -0.3 is 0 Å². The Hall–Kier alpha value is -2.73. The number of nitrogens with zero attached hydrogens (tertiary/aromatic N) is 3. The molecule has 4 rings (SSSR count). The van der Waals surface area contributed by atoms with E-state index in [9.17, 15) is 10.1 Å². The van der Waals surface area contributed by atoms with E-state index >= 15 is 0 Å². The van der Waals surface area contributed by atoms with Crippen molar-refractivity contribution < 1.29 is 4.92 Å². The molecular formula is C19H17N3O2S. The minimum absolute atomic E-state index is 0.0827. The smallest absolute Gasteiger partial charge is 0.270 e. The number of benzene rings is 2. The summed E-state index contributed by atoms with van der Waals surface area (Å²) in [4.78, 5) is 16.2. The van der Waals surface area contributed by atoms with Gasteiger partial charge in [0.1, 0.15) is 0 Å². The normalized spacial score (nSPS) is 11.4. The van der Waals surface area contributed by atoms with Gasteiger partial charge in [0.2, 0.25) is 0 Å². The number of unbranched alkanes of at least 4 members (excludes halogenated alkanes) is 1. The Morgan fingerprint density at radius 2 is 2.12 bits per heavy atom. The fourth-order valence-corrected chi connectivity index (χ4v) is 4.07. The van der Waals surface area contributed by atoms with E-state index in [1.54, 1.807) is 23.5 Å².